The van der Waals surface area contributed by atoms with Gasteiger partial charge in [0, 0.05) is 25.2 Å². The fourth-order valence-corrected chi connectivity index (χ4v) is 3.55. The molecule has 1 amide bonds. The first-order valence-corrected chi connectivity index (χ1v) is 7.67. The number of aliphatic hydroxyl groups excluding tert-OH is 1. The number of likely N-dealkylation sites (N-methyl/N-ethyl adjacent to an activating group) is 1. The monoisotopic (exact) mass is 294 g/mol. The Hall–Kier alpha value is -1.60. The van der Waals surface area contributed by atoms with Crippen LogP contribution < -0.4 is 10.2 Å². The predicted molar refractivity (Wildman–Crippen MR) is 78.0 cm³/mol. The molecule has 3 rings (SSSR count). The quantitative estimate of drug-likeness (QED) is 0.886. The first kappa shape index (κ1) is 13.4. The third kappa shape index (κ3) is 2.06. The highest BCUT2D eigenvalue weighted by Crippen LogP contribution is 2.30. The topological polar surface area (TPSA) is 69.9 Å². The van der Waals surface area contributed by atoms with E-state index in [0.29, 0.717) is 0 Å². The van der Waals surface area contributed by atoms with Crippen LogP contribution in [0.4, 0.5) is 5.82 Å². The van der Waals surface area contributed by atoms with Crippen molar-refractivity contribution in [2.24, 2.45) is 0 Å². The first-order chi connectivity index (χ1) is 9.76. The van der Waals surface area contributed by atoms with Gasteiger partial charge in [0.15, 0.2) is 10.8 Å². The fraction of sp³-hybridized carbons (Fsp3) is 0.538. The smallest absolute Gasteiger partial charge is 0.242 e. The second-order valence-electron chi connectivity index (χ2n) is 4.92. The molecule has 6 nitrogen and oxygen atoms in total. The number of piperidine rings is 1. The molecule has 20 heavy (non-hydrogen) atoms. The summed E-state index contributed by atoms with van der Waals surface area (Å²) in [5.41, 5.74) is 0.761. The number of hydrogen-bond acceptors (Lipinski definition) is 5. The van der Waals surface area contributed by atoms with Crippen molar-refractivity contribution in [3.05, 3.63) is 17.3 Å². The number of nitrogens with zero attached hydrogens (tertiary/aromatic N) is 3. The van der Waals surface area contributed by atoms with Crippen molar-refractivity contribution in [1.82, 2.24) is 14.7 Å². The third-order valence-electron chi connectivity index (χ3n) is 3.81. The van der Waals surface area contributed by atoms with Crippen molar-refractivity contribution in [1.29, 1.82) is 0 Å². The lowest BCUT2D eigenvalue weighted by molar-refractivity contribution is -0.122. The van der Waals surface area contributed by atoms with Crippen molar-refractivity contribution < 1.29 is 9.90 Å². The minimum atomic E-state index is -0.191. The second-order valence-corrected chi connectivity index (χ2v) is 5.79. The van der Waals surface area contributed by atoms with Crippen molar-refractivity contribution in [3.8, 4) is 0 Å². The van der Waals surface area contributed by atoms with Gasteiger partial charge in [0.1, 0.15) is 6.04 Å². The molecule has 0 aromatic carbocycles. The summed E-state index contributed by atoms with van der Waals surface area (Å²) in [6, 6.07) is -0.191. The summed E-state index contributed by atoms with van der Waals surface area (Å²) in [7, 11) is 1.66. The van der Waals surface area contributed by atoms with Gasteiger partial charge < -0.3 is 15.3 Å². The Morgan fingerprint density at radius 1 is 1.60 bits per heavy atom. The number of hydrogen-bond donors (Lipinski definition) is 2. The van der Waals surface area contributed by atoms with Crippen LogP contribution in [0.2, 0.25) is 0 Å². The van der Waals surface area contributed by atoms with Crippen LogP contribution in [-0.2, 0) is 11.4 Å². The van der Waals surface area contributed by atoms with Gasteiger partial charge in [-0.1, -0.05) is 0 Å². The summed E-state index contributed by atoms with van der Waals surface area (Å²) in [6.45, 7) is 0.722. The molecule has 3 heterocycles. The van der Waals surface area contributed by atoms with Gasteiger partial charge in [0.05, 0.1) is 12.3 Å². The molecular weight excluding hydrogens is 276 g/mol. The lowest BCUT2D eigenvalue weighted by Gasteiger charge is -2.35. The summed E-state index contributed by atoms with van der Waals surface area (Å²) in [5.74, 6) is 0.762. The summed E-state index contributed by atoms with van der Waals surface area (Å²) in [4.78, 5) is 19.5. The van der Waals surface area contributed by atoms with Crippen LogP contribution in [0.15, 0.2) is 11.6 Å². The van der Waals surface area contributed by atoms with Crippen LogP contribution in [-0.4, -0.2) is 40.0 Å². The molecule has 1 fully saturated rings. The Morgan fingerprint density at radius 2 is 2.45 bits per heavy atom. The van der Waals surface area contributed by atoms with Crippen LogP contribution in [0.25, 0.3) is 4.96 Å². The number of nitrogens with one attached hydrogen (secondary N) is 1. The molecule has 1 aliphatic heterocycles. The zero-order valence-electron chi connectivity index (χ0n) is 11.4. The van der Waals surface area contributed by atoms with Gasteiger partial charge in [-0.15, -0.1) is 11.3 Å². The zero-order chi connectivity index (χ0) is 14.1. The predicted octanol–water partition coefficient (Wildman–Crippen LogP) is 0.993. The van der Waals surface area contributed by atoms with Gasteiger partial charge >= 0.3 is 0 Å². The first-order valence-electron chi connectivity index (χ1n) is 6.79. The molecule has 0 bridgehead atoms. The Labute approximate surface area is 121 Å². The SMILES string of the molecule is CNC(=O)C1CCCCN1c1nc2sccn2c1CO. The minimum absolute atomic E-state index is 0.0185. The molecule has 2 aromatic rings. The zero-order valence-corrected chi connectivity index (χ0v) is 12.2. The number of aliphatic hydroxyl groups is 1. The summed E-state index contributed by atoms with van der Waals surface area (Å²) in [5, 5.41) is 14.3. The number of rotatable bonds is 3. The Kier molecular flexibility index (Phi) is 3.62. The molecule has 2 aromatic heterocycles. The van der Waals surface area contributed by atoms with E-state index < -0.39 is 0 Å². The molecule has 1 saturated heterocycles. The van der Waals surface area contributed by atoms with Gasteiger partial charge in [-0.2, -0.15) is 0 Å². The van der Waals surface area contributed by atoms with Gasteiger partial charge in [0.2, 0.25) is 5.91 Å². The third-order valence-corrected chi connectivity index (χ3v) is 4.57. The standard InChI is InChI=1S/C13H18N4O2S/c1-14-12(19)9-4-2-3-5-16(9)11-10(8-18)17-6-7-20-13(17)15-11/h6-7,9,18H,2-5,8H2,1H3,(H,14,19). The van der Waals surface area contributed by atoms with E-state index in [1.54, 1.807) is 7.05 Å². The van der Waals surface area contributed by atoms with Crippen LogP contribution in [0.5, 0.6) is 0 Å². The number of carbonyl (C=O) groups is 1. The van der Waals surface area contributed by atoms with E-state index >= 15 is 0 Å². The Morgan fingerprint density at radius 3 is 3.20 bits per heavy atom. The maximum atomic E-state index is 12.1. The van der Waals surface area contributed by atoms with Crippen LogP contribution >= 0.6 is 11.3 Å². The van der Waals surface area contributed by atoms with Crippen molar-refractivity contribution in [2.45, 2.75) is 31.9 Å². The highest BCUT2D eigenvalue weighted by atomic mass is 32.1. The lowest BCUT2D eigenvalue weighted by Crippen LogP contribution is -2.49. The molecule has 0 aliphatic carbocycles. The number of fused-ring (bicyclic) bond motifs is 1. The number of anilines is 1. The number of aromatic nitrogens is 2. The number of imidazole rings is 1. The highest BCUT2D eigenvalue weighted by Gasteiger charge is 2.31. The second kappa shape index (κ2) is 5.41. The van der Waals surface area contributed by atoms with E-state index in [-0.39, 0.29) is 18.6 Å². The molecule has 108 valence electrons. The summed E-state index contributed by atoms with van der Waals surface area (Å²) in [6.07, 6.45) is 4.82. The fourth-order valence-electron chi connectivity index (χ4n) is 2.82. The average Bonchev–Trinajstić information content (AvgIpc) is 3.06. The molecule has 1 aliphatic rings. The molecule has 0 radical (unpaired) electrons. The highest BCUT2D eigenvalue weighted by molar-refractivity contribution is 7.15. The maximum Gasteiger partial charge on any atom is 0.242 e. The number of carbonyl (C=O) groups excluding carboxylic acids is 1. The molecule has 0 saturated carbocycles. The van der Waals surface area contributed by atoms with Gasteiger partial charge in [-0.25, -0.2) is 4.98 Å². The summed E-state index contributed by atoms with van der Waals surface area (Å²) < 4.78 is 1.90. The largest absolute Gasteiger partial charge is 0.390 e. The molecule has 0 spiro atoms. The number of amides is 1. The Bertz CT molecular complexity index is 621. The molecule has 1 atom stereocenters. The van der Waals surface area contributed by atoms with Gasteiger partial charge in [0.25, 0.3) is 0 Å². The maximum absolute atomic E-state index is 12.1. The summed E-state index contributed by atoms with van der Waals surface area (Å²) >= 11 is 1.53. The Balaban J connectivity index is 2.02. The van der Waals surface area contributed by atoms with E-state index in [2.05, 4.69) is 10.3 Å². The molecular formula is C13H18N4O2S. The van der Waals surface area contributed by atoms with Crippen LogP contribution in [0, 0.1) is 0 Å². The molecule has 2 N–H and O–H groups in total. The van der Waals surface area contributed by atoms with E-state index in [1.807, 2.05) is 20.9 Å². The van der Waals surface area contributed by atoms with Crippen molar-refractivity contribution in [2.75, 3.05) is 18.5 Å². The number of thiazole rings is 1. The van der Waals surface area contributed by atoms with Gasteiger partial charge in [-0.05, 0) is 19.3 Å². The van der Waals surface area contributed by atoms with E-state index in [4.69, 9.17) is 0 Å². The minimum Gasteiger partial charge on any atom is -0.390 e. The molecule has 1 unspecified atom stereocenters. The van der Waals surface area contributed by atoms with Crippen LogP contribution in [0.3, 0.4) is 0 Å². The normalized spacial score (nSPS) is 19.5. The van der Waals surface area contributed by atoms with E-state index in [1.165, 1.54) is 11.3 Å². The van der Waals surface area contributed by atoms with Crippen molar-refractivity contribution >= 4 is 28.0 Å². The molecule has 7 heteroatoms. The lowest BCUT2D eigenvalue weighted by atomic mass is 10.0. The van der Waals surface area contributed by atoms with Crippen LogP contribution in [0.1, 0.15) is 25.0 Å². The van der Waals surface area contributed by atoms with Gasteiger partial charge in [-0.3, -0.25) is 9.20 Å². The average molecular weight is 294 g/mol. The van der Waals surface area contributed by atoms with E-state index in [0.717, 1.165) is 42.3 Å². The van der Waals surface area contributed by atoms with E-state index in [9.17, 15) is 9.90 Å². The van der Waals surface area contributed by atoms with Crippen molar-refractivity contribution in [3.63, 3.8) is 0 Å².